The summed E-state index contributed by atoms with van der Waals surface area (Å²) in [5.74, 6) is 0. The Labute approximate surface area is 122 Å². The summed E-state index contributed by atoms with van der Waals surface area (Å²) in [7, 11) is 0. The van der Waals surface area contributed by atoms with Crippen molar-refractivity contribution in [2.75, 3.05) is 5.32 Å². The summed E-state index contributed by atoms with van der Waals surface area (Å²) in [6.45, 7) is 0. The molecule has 96 valence electrons. The van der Waals surface area contributed by atoms with Crippen LogP contribution in [0.15, 0.2) is 59.7 Å². The van der Waals surface area contributed by atoms with E-state index < -0.39 is 0 Å². The molecule has 3 nitrogen and oxygen atoms in total. The molecule has 0 atom stereocenters. The first kappa shape index (κ1) is 13.5. The summed E-state index contributed by atoms with van der Waals surface area (Å²) in [6, 6.07) is 17.1. The van der Waals surface area contributed by atoms with Gasteiger partial charge in [-0.1, -0.05) is 41.9 Å². The van der Waals surface area contributed by atoms with E-state index in [1.807, 2.05) is 54.6 Å². The molecule has 0 unspecified atom stereocenters. The summed E-state index contributed by atoms with van der Waals surface area (Å²) in [5, 5.41) is 8.17. The predicted molar refractivity (Wildman–Crippen MR) is 84.8 cm³/mol. The zero-order valence-corrected chi connectivity index (χ0v) is 11.6. The first-order chi connectivity index (χ1) is 9.24. The predicted octanol–water partition coefficient (Wildman–Crippen LogP) is 3.66. The lowest BCUT2D eigenvalue weighted by molar-refractivity contribution is 1.05. The van der Waals surface area contributed by atoms with Gasteiger partial charge in [-0.2, -0.15) is 5.10 Å². The van der Waals surface area contributed by atoms with Crippen LogP contribution in [0.2, 0.25) is 5.02 Å². The average molecular weight is 290 g/mol. The third-order valence-corrected chi connectivity index (χ3v) is 2.69. The van der Waals surface area contributed by atoms with Crippen LogP contribution in [0.25, 0.3) is 0 Å². The van der Waals surface area contributed by atoms with Crippen molar-refractivity contribution in [2.24, 2.45) is 5.10 Å². The maximum atomic E-state index is 5.87. The van der Waals surface area contributed by atoms with Gasteiger partial charge in [-0.3, -0.25) is 5.43 Å². The number of halogens is 1. The molecule has 2 aromatic rings. The lowest BCUT2D eigenvalue weighted by atomic mass is 10.2. The molecule has 0 radical (unpaired) electrons. The molecule has 2 N–H and O–H groups in total. The van der Waals surface area contributed by atoms with Crippen molar-refractivity contribution in [3.05, 3.63) is 65.2 Å². The van der Waals surface area contributed by atoms with Crippen LogP contribution in [0.1, 0.15) is 5.56 Å². The van der Waals surface area contributed by atoms with E-state index in [9.17, 15) is 0 Å². The van der Waals surface area contributed by atoms with Crippen LogP contribution in [-0.2, 0) is 0 Å². The van der Waals surface area contributed by atoms with Crippen LogP contribution < -0.4 is 10.7 Å². The average Bonchev–Trinajstić information content (AvgIpc) is 2.40. The molecule has 0 amide bonds. The topological polar surface area (TPSA) is 36.4 Å². The fourth-order valence-electron chi connectivity index (χ4n) is 1.43. The second-order valence-corrected chi connectivity index (χ2v) is 4.59. The van der Waals surface area contributed by atoms with Crippen LogP contribution in [-0.4, -0.2) is 11.3 Å². The standard InChI is InChI=1S/C14H12ClN3S/c15-12-6-4-5-11(9-12)10-16-18-14(19)17-13-7-2-1-3-8-13/h1-10H,(H2,17,18,19)/b16-10-. The highest BCUT2D eigenvalue weighted by atomic mass is 35.5. The normalized spacial score (nSPS) is 10.4. The van der Waals surface area contributed by atoms with E-state index in [0.29, 0.717) is 10.1 Å². The van der Waals surface area contributed by atoms with E-state index in [0.717, 1.165) is 11.3 Å². The van der Waals surface area contributed by atoms with Gasteiger partial charge in [-0.25, -0.2) is 0 Å². The number of anilines is 1. The maximum absolute atomic E-state index is 5.87. The Bertz CT molecular complexity index is 584. The van der Waals surface area contributed by atoms with Crippen LogP contribution in [0, 0.1) is 0 Å². The minimum Gasteiger partial charge on any atom is -0.331 e. The first-order valence-corrected chi connectivity index (χ1v) is 6.43. The van der Waals surface area contributed by atoms with Crippen molar-refractivity contribution >= 4 is 40.8 Å². The highest BCUT2D eigenvalue weighted by molar-refractivity contribution is 7.80. The summed E-state index contributed by atoms with van der Waals surface area (Å²) >= 11 is 11.0. The molecule has 2 rings (SSSR count). The van der Waals surface area contributed by atoms with Gasteiger partial charge in [0.05, 0.1) is 6.21 Å². The van der Waals surface area contributed by atoms with E-state index >= 15 is 0 Å². The van der Waals surface area contributed by atoms with Gasteiger partial charge in [0.2, 0.25) is 0 Å². The maximum Gasteiger partial charge on any atom is 0.191 e. The molecule has 0 aromatic heterocycles. The third-order valence-electron chi connectivity index (χ3n) is 2.26. The van der Waals surface area contributed by atoms with E-state index in [1.54, 1.807) is 6.21 Å². The molecule has 0 heterocycles. The first-order valence-electron chi connectivity index (χ1n) is 5.65. The molecule has 0 spiro atoms. The molecule has 0 aliphatic carbocycles. The monoisotopic (exact) mass is 289 g/mol. The molecule has 5 heteroatoms. The molecular weight excluding hydrogens is 278 g/mol. The van der Waals surface area contributed by atoms with Gasteiger partial charge in [-0.05, 0) is 42.0 Å². The quantitative estimate of drug-likeness (QED) is 0.514. The van der Waals surface area contributed by atoms with Crippen molar-refractivity contribution in [3.8, 4) is 0 Å². The van der Waals surface area contributed by atoms with Crippen molar-refractivity contribution in [1.29, 1.82) is 0 Å². The molecule has 0 aliphatic rings. The van der Waals surface area contributed by atoms with E-state index in [4.69, 9.17) is 23.8 Å². The van der Waals surface area contributed by atoms with Crippen molar-refractivity contribution in [2.45, 2.75) is 0 Å². The number of nitrogens with zero attached hydrogens (tertiary/aromatic N) is 1. The van der Waals surface area contributed by atoms with Gasteiger partial charge >= 0.3 is 0 Å². The second-order valence-electron chi connectivity index (χ2n) is 3.75. The van der Waals surface area contributed by atoms with E-state index in [-0.39, 0.29) is 0 Å². The van der Waals surface area contributed by atoms with Crippen LogP contribution >= 0.6 is 23.8 Å². The van der Waals surface area contributed by atoms with Gasteiger partial charge in [0.15, 0.2) is 5.11 Å². The summed E-state index contributed by atoms with van der Waals surface area (Å²) in [4.78, 5) is 0. The largest absolute Gasteiger partial charge is 0.331 e. The van der Waals surface area contributed by atoms with Crippen LogP contribution in [0.4, 0.5) is 5.69 Å². The number of para-hydroxylation sites is 1. The SMILES string of the molecule is S=C(N/N=C\c1cccc(Cl)c1)Nc1ccccc1. The van der Waals surface area contributed by atoms with Crippen LogP contribution in [0.3, 0.4) is 0 Å². The van der Waals surface area contributed by atoms with Crippen molar-refractivity contribution in [1.82, 2.24) is 5.43 Å². The number of hydrogen-bond donors (Lipinski definition) is 2. The van der Waals surface area contributed by atoms with Crippen molar-refractivity contribution in [3.63, 3.8) is 0 Å². The fraction of sp³-hybridized carbons (Fsp3) is 0. The number of nitrogens with one attached hydrogen (secondary N) is 2. The van der Waals surface area contributed by atoms with Gasteiger partial charge in [0.25, 0.3) is 0 Å². The molecular formula is C14H12ClN3S. The van der Waals surface area contributed by atoms with Gasteiger partial charge in [0.1, 0.15) is 0 Å². The number of benzene rings is 2. The van der Waals surface area contributed by atoms with Crippen LogP contribution in [0.5, 0.6) is 0 Å². The number of thiocarbonyl (C=S) groups is 1. The van der Waals surface area contributed by atoms with Gasteiger partial charge < -0.3 is 5.32 Å². The molecule has 0 aliphatic heterocycles. The lowest BCUT2D eigenvalue weighted by Gasteiger charge is -2.06. The Morgan fingerprint density at radius 1 is 1.11 bits per heavy atom. The highest BCUT2D eigenvalue weighted by Crippen LogP contribution is 2.08. The molecule has 0 fully saturated rings. The zero-order valence-electron chi connectivity index (χ0n) is 10.0. The second kappa shape index (κ2) is 6.87. The summed E-state index contributed by atoms with van der Waals surface area (Å²) in [6.07, 6.45) is 1.66. The number of rotatable bonds is 3. The molecule has 0 bridgehead atoms. The van der Waals surface area contributed by atoms with E-state index in [1.165, 1.54) is 0 Å². The smallest absolute Gasteiger partial charge is 0.191 e. The molecule has 2 aromatic carbocycles. The van der Waals surface area contributed by atoms with E-state index in [2.05, 4.69) is 15.8 Å². The Morgan fingerprint density at radius 3 is 2.63 bits per heavy atom. The minimum atomic E-state index is 0.435. The fourth-order valence-corrected chi connectivity index (χ4v) is 1.80. The Balaban J connectivity index is 1.87. The molecule has 19 heavy (non-hydrogen) atoms. The highest BCUT2D eigenvalue weighted by Gasteiger charge is 1.94. The summed E-state index contributed by atoms with van der Waals surface area (Å²) in [5.41, 5.74) is 4.57. The number of hydrazone groups is 1. The third kappa shape index (κ3) is 4.69. The minimum absolute atomic E-state index is 0.435. The molecule has 0 saturated heterocycles. The number of hydrogen-bond acceptors (Lipinski definition) is 2. The Morgan fingerprint density at radius 2 is 1.89 bits per heavy atom. The lowest BCUT2D eigenvalue weighted by Crippen LogP contribution is -2.23. The zero-order chi connectivity index (χ0) is 13.5. The molecule has 0 saturated carbocycles. The Hall–Kier alpha value is -1.91. The van der Waals surface area contributed by atoms with Gasteiger partial charge in [0, 0.05) is 10.7 Å². The Kier molecular flexibility index (Phi) is 4.89. The van der Waals surface area contributed by atoms with Crippen molar-refractivity contribution < 1.29 is 0 Å². The summed E-state index contributed by atoms with van der Waals surface area (Å²) < 4.78 is 0. The van der Waals surface area contributed by atoms with Gasteiger partial charge in [-0.15, -0.1) is 0 Å².